The predicted octanol–water partition coefficient (Wildman–Crippen LogP) is 0.791. The number of carbonyl (C=O) groups is 4. The van der Waals surface area contributed by atoms with Crippen LogP contribution in [0.5, 0.6) is 5.75 Å². The standard InChI is InChI=1S/C26H24FN5O6/c27-18-12-16(2-4-20(18)33)29-21(34)13-30-8-6-17(7-9-30)31-10-5-15(24(31)35)11-14-1-3-19-22(28)25(36)32(19)23(14)26(37)38/h2,4,6-9,11-12,19,22H,1,3,5,10,13,28H2,(H2-,29,33,34,37,38)/p+1/t19-,22+/m1/s1. The summed E-state index contributed by atoms with van der Waals surface area (Å²) in [6, 6.07) is 5.89. The average Bonchev–Trinajstić information content (AvgIpc) is 3.25. The zero-order valence-corrected chi connectivity index (χ0v) is 20.1. The zero-order valence-electron chi connectivity index (χ0n) is 20.1. The number of carboxylic acid groups (broad SMARTS) is 1. The SMILES string of the molecule is N[C@@H]1C(=O)N2C(C(=O)O)=C(C=C3CCN(c4cc[n+](CC(=O)Nc5ccc(O)c(F)c5)cc4)C3=O)CC[C@H]12. The second-order valence-electron chi connectivity index (χ2n) is 9.34. The molecule has 1 aromatic heterocycles. The molecule has 0 spiro atoms. The summed E-state index contributed by atoms with van der Waals surface area (Å²) in [6.45, 7) is 0.335. The van der Waals surface area contributed by atoms with Gasteiger partial charge < -0.3 is 26.2 Å². The minimum Gasteiger partial charge on any atom is -0.505 e. The Balaban J connectivity index is 1.26. The summed E-state index contributed by atoms with van der Waals surface area (Å²) in [4.78, 5) is 52.3. The summed E-state index contributed by atoms with van der Waals surface area (Å²) in [5.74, 6) is -3.68. The number of carbonyl (C=O) groups excluding carboxylic acids is 3. The molecule has 5 N–H and O–H groups in total. The first-order valence-corrected chi connectivity index (χ1v) is 12.0. The molecule has 3 aliphatic heterocycles. The number of anilines is 2. The Bertz CT molecular complexity index is 1420. The highest BCUT2D eigenvalue weighted by Crippen LogP contribution is 2.37. The molecule has 0 bridgehead atoms. The summed E-state index contributed by atoms with van der Waals surface area (Å²) in [6.07, 6.45) is 6.20. The Kier molecular flexibility index (Phi) is 6.41. The highest BCUT2D eigenvalue weighted by molar-refractivity contribution is 6.08. The van der Waals surface area contributed by atoms with E-state index in [0.717, 1.165) is 12.1 Å². The highest BCUT2D eigenvalue weighted by Gasteiger charge is 2.50. The van der Waals surface area contributed by atoms with Crippen molar-refractivity contribution in [3.8, 4) is 5.75 Å². The van der Waals surface area contributed by atoms with Crippen LogP contribution in [0.15, 0.2) is 65.6 Å². The van der Waals surface area contributed by atoms with Crippen LogP contribution >= 0.6 is 0 Å². The summed E-state index contributed by atoms with van der Waals surface area (Å²) in [7, 11) is 0. The molecule has 5 rings (SSSR count). The molecule has 12 heteroatoms. The van der Waals surface area contributed by atoms with Gasteiger partial charge in [-0.2, -0.15) is 4.57 Å². The summed E-state index contributed by atoms with van der Waals surface area (Å²) >= 11 is 0. The normalized spacial score (nSPS) is 22.0. The van der Waals surface area contributed by atoms with Crippen LogP contribution in [-0.2, 0) is 25.7 Å². The molecule has 0 saturated carbocycles. The summed E-state index contributed by atoms with van der Waals surface area (Å²) in [5, 5.41) is 21.5. The first-order chi connectivity index (χ1) is 18.1. The topological polar surface area (TPSA) is 157 Å². The average molecular weight is 523 g/mol. The van der Waals surface area contributed by atoms with Gasteiger partial charge in [0.1, 0.15) is 11.7 Å². The number of nitrogens with one attached hydrogen (secondary N) is 1. The van der Waals surface area contributed by atoms with Crippen LogP contribution in [0.25, 0.3) is 0 Å². The van der Waals surface area contributed by atoms with E-state index >= 15 is 0 Å². The number of amides is 3. The number of allylic oxidation sites excluding steroid dienone is 2. The van der Waals surface area contributed by atoms with E-state index in [-0.39, 0.29) is 29.9 Å². The molecular formula is C26H25FN5O6+. The Morgan fingerprint density at radius 3 is 2.61 bits per heavy atom. The smallest absolute Gasteiger partial charge is 0.352 e. The van der Waals surface area contributed by atoms with E-state index in [1.165, 1.54) is 11.0 Å². The van der Waals surface area contributed by atoms with Gasteiger partial charge in [-0.05, 0) is 43.0 Å². The number of fused-ring (bicyclic) bond motifs is 1. The highest BCUT2D eigenvalue weighted by atomic mass is 19.1. The van der Waals surface area contributed by atoms with E-state index in [2.05, 4.69) is 5.32 Å². The number of β-lactam (4-membered cyclic amide) rings is 1. The number of phenolic OH excluding ortho intramolecular Hbond substituents is 1. The first kappa shape index (κ1) is 25.1. The van der Waals surface area contributed by atoms with Gasteiger partial charge in [-0.25, -0.2) is 9.18 Å². The van der Waals surface area contributed by atoms with E-state index in [1.54, 1.807) is 40.1 Å². The number of phenols is 1. The number of nitrogens with zero attached hydrogens (tertiary/aromatic N) is 3. The van der Waals surface area contributed by atoms with Crippen LogP contribution in [0.1, 0.15) is 19.3 Å². The molecule has 2 fully saturated rings. The molecule has 3 amide bonds. The number of aromatic nitrogens is 1. The van der Waals surface area contributed by atoms with Gasteiger partial charge in [-0.3, -0.25) is 19.3 Å². The van der Waals surface area contributed by atoms with Crippen molar-refractivity contribution in [1.29, 1.82) is 0 Å². The lowest BCUT2D eigenvalue weighted by atomic mass is 9.83. The fourth-order valence-electron chi connectivity index (χ4n) is 5.00. The van der Waals surface area contributed by atoms with Gasteiger partial charge in [0.25, 0.3) is 11.8 Å². The maximum absolute atomic E-state index is 13.5. The second-order valence-corrected chi connectivity index (χ2v) is 9.34. The molecule has 2 saturated heterocycles. The number of benzene rings is 1. The van der Waals surface area contributed by atoms with E-state index in [9.17, 15) is 33.8 Å². The lowest BCUT2D eigenvalue weighted by Gasteiger charge is -2.48. The molecule has 38 heavy (non-hydrogen) atoms. The third kappa shape index (κ3) is 4.50. The molecule has 0 unspecified atom stereocenters. The molecule has 0 radical (unpaired) electrons. The second kappa shape index (κ2) is 9.71. The predicted molar refractivity (Wildman–Crippen MR) is 131 cm³/mol. The molecule has 2 atom stereocenters. The zero-order chi connectivity index (χ0) is 27.1. The van der Waals surface area contributed by atoms with Crippen molar-refractivity contribution < 1.29 is 38.3 Å². The van der Waals surface area contributed by atoms with Crippen molar-refractivity contribution in [2.75, 3.05) is 16.8 Å². The van der Waals surface area contributed by atoms with Crippen LogP contribution in [0, 0.1) is 5.82 Å². The molecule has 2 aromatic rings. The van der Waals surface area contributed by atoms with Crippen molar-refractivity contribution in [2.45, 2.75) is 37.9 Å². The Hall–Kier alpha value is -4.58. The number of carboxylic acids is 1. The molecule has 0 aliphatic carbocycles. The third-order valence-corrected chi connectivity index (χ3v) is 6.94. The number of aliphatic carboxylic acids is 1. The Morgan fingerprint density at radius 2 is 1.92 bits per heavy atom. The van der Waals surface area contributed by atoms with Gasteiger partial charge >= 0.3 is 5.97 Å². The van der Waals surface area contributed by atoms with Crippen molar-refractivity contribution in [3.63, 3.8) is 0 Å². The van der Waals surface area contributed by atoms with Crippen LogP contribution in [0.2, 0.25) is 0 Å². The van der Waals surface area contributed by atoms with Gasteiger partial charge in [0.15, 0.2) is 24.0 Å². The van der Waals surface area contributed by atoms with Gasteiger partial charge in [-0.1, -0.05) is 0 Å². The number of halogens is 1. The number of hydrogen-bond acceptors (Lipinski definition) is 6. The third-order valence-electron chi connectivity index (χ3n) is 6.94. The van der Waals surface area contributed by atoms with Crippen LogP contribution < -0.4 is 20.5 Å². The molecular weight excluding hydrogens is 497 g/mol. The minimum atomic E-state index is -1.23. The van der Waals surface area contributed by atoms with Crippen LogP contribution in [-0.4, -0.2) is 57.4 Å². The molecule has 11 nitrogen and oxygen atoms in total. The van der Waals surface area contributed by atoms with E-state index in [0.29, 0.717) is 42.6 Å². The Morgan fingerprint density at radius 1 is 1.18 bits per heavy atom. The quantitative estimate of drug-likeness (QED) is 0.189. The van der Waals surface area contributed by atoms with E-state index in [1.807, 2.05) is 0 Å². The van der Waals surface area contributed by atoms with Gasteiger partial charge in [0.2, 0.25) is 12.5 Å². The fourth-order valence-corrected chi connectivity index (χ4v) is 5.00. The summed E-state index contributed by atoms with van der Waals surface area (Å²) < 4.78 is 15.1. The lowest BCUT2D eigenvalue weighted by molar-refractivity contribution is -0.684. The van der Waals surface area contributed by atoms with Crippen molar-refractivity contribution in [3.05, 3.63) is 71.5 Å². The van der Waals surface area contributed by atoms with Crippen molar-refractivity contribution in [2.24, 2.45) is 5.73 Å². The van der Waals surface area contributed by atoms with Crippen molar-refractivity contribution >= 4 is 35.1 Å². The fraction of sp³-hybridized carbons (Fsp3) is 0.269. The maximum Gasteiger partial charge on any atom is 0.352 e. The summed E-state index contributed by atoms with van der Waals surface area (Å²) in [5.41, 5.74) is 7.40. The van der Waals surface area contributed by atoms with Crippen LogP contribution in [0.4, 0.5) is 15.8 Å². The molecule has 3 aliphatic rings. The van der Waals surface area contributed by atoms with Gasteiger partial charge in [0, 0.05) is 36.0 Å². The van der Waals surface area contributed by atoms with Gasteiger partial charge in [0.05, 0.1) is 11.7 Å². The monoisotopic (exact) mass is 522 g/mol. The van der Waals surface area contributed by atoms with Gasteiger partial charge in [-0.15, -0.1) is 0 Å². The van der Waals surface area contributed by atoms with E-state index in [4.69, 9.17) is 5.73 Å². The minimum absolute atomic E-state index is 0.0616. The molecule has 4 heterocycles. The number of nitrogens with two attached hydrogens (primary N) is 1. The maximum atomic E-state index is 13.5. The number of pyridine rings is 1. The molecule has 196 valence electrons. The Labute approximate surface area is 216 Å². The molecule has 1 aromatic carbocycles. The first-order valence-electron chi connectivity index (χ1n) is 12.0. The number of aromatic hydroxyl groups is 1. The number of rotatable bonds is 6. The van der Waals surface area contributed by atoms with Crippen molar-refractivity contribution in [1.82, 2.24) is 4.90 Å². The largest absolute Gasteiger partial charge is 0.505 e. The van der Waals surface area contributed by atoms with Crippen LogP contribution in [0.3, 0.4) is 0 Å². The lowest BCUT2D eigenvalue weighted by Crippen LogP contribution is -2.69. The van der Waals surface area contributed by atoms with E-state index < -0.39 is 35.4 Å². The number of hydrogen-bond donors (Lipinski definition) is 4.